The van der Waals surface area contributed by atoms with Gasteiger partial charge in [-0.2, -0.15) is 24.7 Å². The Morgan fingerprint density at radius 2 is 2.10 bits per heavy atom. The van der Waals surface area contributed by atoms with Crippen LogP contribution in [0.3, 0.4) is 0 Å². The van der Waals surface area contributed by atoms with E-state index in [1.54, 1.807) is 7.05 Å². The van der Waals surface area contributed by atoms with Crippen molar-refractivity contribution in [1.82, 2.24) is 29.7 Å². The molecule has 0 spiro atoms. The summed E-state index contributed by atoms with van der Waals surface area (Å²) in [6.07, 6.45) is 3.89. The number of nitrogens with one attached hydrogen (secondary N) is 1. The third kappa shape index (κ3) is 3.85. The Hall–Kier alpha value is -2.29. The van der Waals surface area contributed by atoms with Crippen LogP contribution in [0, 0.1) is 0 Å². The molecule has 0 fully saturated rings. The maximum absolute atomic E-state index is 5.45. The molecular weight excluding hydrogens is 262 g/mol. The normalized spacial score (nSPS) is 10.5. The molecule has 20 heavy (non-hydrogen) atoms. The molecular formula is C11H17N7O2. The van der Waals surface area contributed by atoms with E-state index in [1.165, 1.54) is 17.3 Å². The van der Waals surface area contributed by atoms with Crippen molar-refractivity contribution >= 4 is 5.95 Å². The van der Waals surface area contributed by atoms with Crippen molar-refractivity contribution in [2.75, 3.05) is 32.2 Å². The van der Waals surface area contributed by atoms with Gasteiger partial charge in [0, 0.05) is 13.7 Å². The van der Waals surface area contributed by atoms with E-state index in [0.717, 1.165) is 6.42 Å². The molecule has 0 radical (unpaired) electrons. The molecule has 0 aliphatic carbocycles. The molecule has 2 aromatic rings. The van der Waals surface area contributed by atoms with Crippen LogP contribution in [0.1, 0.15) is 13.3 Å². The van der Waals surface area contributed by atoms with E-state index in [1.807, 2.05) is 0 Å². The lowest BCUT2D eigenvalue weighted by molar-refractivity contribution is 0.0971. The molecule has 0 aliphatic heterocycles. The second-order valence-electron chi connectivity index (χ2n) is 3.79. The van der Waals surface area contributed by atoms with Crippen LogP contribution in [-0.4, -0.2) is 56.6 Å². The maximum Gasteiger partial charge on any atom is 0.323 e. The highest BCUT2D eigenvalue weighted by Crippen LogP contribution is 2.09. The SMILES string of the molecule is CCCOCCOc1nc(NC)nc(-n2cncn2)n1. The lowest BCUT2D eigenvalue weighted by Gasteiger charge is -2.07. The fourth-order valence-corrected chi connectivity index (χ4v) is 1.37. The van der Waals surface area contributed by atoms with Crippen LogP contribution in [0.25, 0.3) is 5.95 Å². The molecule has 0 amide bonds. The number of anilines is 1. The minimum absolute atomic E-state index is 0.218. The zero-order chi connectivity index (χ0) is 14.2. The fourth-order valence-electron chi connectivity index (χ4n) is 1.37. The van der Waals surface area contributed by atoms with Gasteiger partial charge in [0.2, 0.25) is 5.95 Å². The zero-order valence-corrected chi connectivity index (χ0v) is 11.5. The van der Waals surface area contributed by atoms with Gasteiger partial charge >= 0.3 is 6.01 Å². The van der Waals surface area contributed by atoms with Crippen LogP contribution >= 0.6 is 0 Å². The summed E-state index contributed by atoms with van der Waals surface area (Å²) in [5.41, 5.74) is 0. The second kappa shape index (κ2) is 7.34. The molecule has 9 heteroatoms. The lowest BCUT2D eigenvalue weighted by Crippen LogP contribution is -2.12. The topological polar surface area (TPSA) is 99.9 Å². The highest BCUT2D eigenvalue weighted by molar-refractivity contribution is 5.28. The highest BCUT2D eigenvalue weighted by Gasteiger charge is 2.08. The summed E-state index contributed by atoms with van der Waals surface area (Å²) in [5, 5.41) is 6.81. The molecule has 2 aromatic heterocycles. The molecule has 0 saturated carbocycles. The second-order valence-corrected chi connectivity index (χ2v) is 3.79. The van der Waals surface area contributed by atoms with Gasteiger partial charge < -0.3 is 14.8 Å². The molecule has 2 heterocycles. The first-order valence-electron chi connectivity index (χ1n) is 6.33. The average Bonchev–Trinajstić information content (AvgIpc) is 3.01. The van der Waals surface area contributed by atoms with Crippen LogP contribution in [0.2, 0.25) is 0 Å². The van der Waals surface area contributed by atoms with E-state index in [2.05, 4.69) is 37.3 Å². The minimum atomic E-state index is 0.218. The van der Waals surface area contributed by atoms with E-state index in [-0.39, 0.29) is 6.01 Å². The molecule has 0 saturated heterocycles. The summed E-state index contributed by atoms with van der Waals surface area (Å²) in [6.45, 7) is 3.64. The van der Waals surface area contributed by atoms with E-state index >= 15 is 0 Å². The Labute approximate surface area is 116 Å². The maximum atomic E-state index is 5.45. The lowest BCUT2D eigenvalue weighted by atomic mass is 10.5. The average molecular weight is 279 g/mol. The fraction of sp³-hybridized carbons (Fsp3) is 0.545. The van der Waals surface area contributed by atoms with Gasteiger partial charge in [-0.05, 0) is 6.42 Å². The molecule has 0 aromatic carbocycles. The summed E-state index contributed by atoms with van der Waals surface area (Å²) in [7, 11) is 1.72. The van der Waals surface area contributed by atoms with Gasteiger partial charge in [0.1, 0.15) is 19.3 Å². The minimum Gasteiger partial charge on any atom is -0.461 e. The van der Waals surface area contributed by atoms with Crippen LogP contribution in [0.5, 0.6) is 6.01 Å². The number of hydrogen-bond acceptors (Lipinski definition) is 8. The van der Waals surface area contributed by atoms with Crippen molar-refractivity contribution in [3.05, 3.63) is 12.7 Å². The Kier molecular flexibility index (Phi) is 5.18. The molecule has 0 atom stereocenters. The van der Waals surface area contributed by atoms with Crippen molar-refractivity contribution in [1.29, 1.82) is 0 Å². The molecule has 0 unspecified atom stereocenters. The van der Waals surface area contributed by atoms with E-state index < -0.39 is 0 Å². The number of rotatable bonds is 8. The number of hydrogen-bond donors (Lipinski definition) is 1. The summed E-state index contributed by atoms with van der Waals surface area (Å²) >= 11 is 0. The van der Waals surface area contributed by atoms with Crippen LogP contribution in [0.15, 0.2) is 12.7 Å². The summed E-state index contributed by atoms with van der Waals surface area (Å²) in [4.78, 5) is 16.3. The first kappa shape index (κ1) is 14.1. The van der Waals surface area contributed by atoms with Gasteiger partial charge in [-0.25, -0.2) is 4.98 Å². The number of aromatic nitrogens is 6. The first-order valence-corrected chi connectivity index (χ1v) is 6.33. The Morgan fingerprint density at radius 1 is 1.20 bits per heavy atom. The van der Waals surface area contributed by atoms with E-state index in [0.29, 0.717) is 31.7 Å². The first-order chi connectivity index (χ1) is 9.83. The van der Waals surface area contributed by atoms with Crippen molar-refractivity contribution in [3.63, 3.8) is 0 Å². The molecule has 9 nitrogen and oxygen atoms in total. The van der Waals surface area contributed by atoms with Crippen molar-refractivity contribution in [2.45, 2.75) is 13.3 Å². The Balaban J connectivity index is 2.03. The summed E-state index contributed by atoms with van der Waals surface area (Å²) in [5.74, 6) is 0.737. The van der Waals surface area contributed by atoms with Crippen LogP contribution in [0.4, 0.5) is 5.95 Å². The Bertz CT molecular complexity index is 517. The number of nitrogens with zero attached hydrogens (tertiary/aromatic N) is 6. The highest BCUT2D eigenvalue weighted by atomic mass is 16.5. The summed E-state index contributed by atoms with van der Waals surface area (Å²) in [6, 6.07) is 0.218. The standard InChI is InChI=1S/C11H17N7O2/c1-3-4-19-5-6-20-11-16-9(12-2)15-10(17-11)18-8-13-7-14-18/h7-8H,3-6H2,1-2H3,(H,12,15,16,17). The van der Waals surface area contributed by atoms with Gasteiger partial charge in [0.25, 0.3) is 5.95 Å². The predicted molar refractivity (Wildman–Crippen MR) is 70.9 cm³/mol. The zero-order valence-electron chi connectivity index (χ0n) is 11.5. The predicted octanol–water partition coefficient (Wildman–Crippen LogP) is 0.299. The largest absolute Gasteiger partial charge is 0.461 e. The van der Waals surface area contributed by atoms with Gasteiger partial charge in [-0.1, -0.05) is 6.92 Å². The quantitative estimate of drug-likeness (QED) is 0.689. The van der Waals surface area contributed by atoms with Crippen molar-refractivity contribution in [3.8, 4) is 12.0 Å². The van der Waals surface area contributed by atoms with Crippen LogP contribution < -0.4 is 10.1 Å². The molecule has 0 aliphatic rings. The van der Waals surface area contributed by atoms with Gasteiger partial charge in [0.15, 0.2) is 0 Å². The van der Waals surface area contributed by atoms with Crippen molar-refractivity contribution < 1.29 is 9.47 Å². The molecule has 0 bridgehead atoms. The van der Waals surface area contributed by atoms with Gasteiger partial charge in [-0.3, -0.25) is 0 Å². The van der Waals surface area contributed by atoms with Crippen molar-refractivity contribution in [2.24, 2.45) is 0 Å². The monoisotopic (exact) mass is 279 g/mol. The molecule has 1 N–H and O–H groups in total. The third-order valence-electron chi connectivity index (χ3n) is 2.26. The molecule has 2 rings (SSSR count). The third-order valence-corrected chi connectivity index (χ3v) is 2.26. The van der Waals surface area contributed by atoms with Gasteiger partial charge in [-0.15, -0.1) is 0 Å². The Morgan fingerprint density at radius 3 is 2.80 bits per heavy atom. The summed E-state index contributed by atoms with van der Waals surface area (Å²) < 4.78 is 12.2. The van der Waals surface area contributed by atoms with Gasteiger partial charge in [0.05, 0.1) is 6.61 Å². The van der Waals surface area contributed by atoms with E-state index in [4.69, 9.17) is 9.47 Å². The van der Waals surface area contributed by atoms with Crippen LogP contribution in [-0.2, 0) is 4.74 Å². The molecule has 108 valence electrons. The number of ether oxygens (including phenoxy) is 2. The van der Waals surface area contributed by atoms with E-state index in [9.17, 15) is 0 Å². The smallest absolute Gasteiger partial charge is 0.323 e.